The minimum absolute atomic E-state index is 0.0944. The van der Waals surface area contributed by atoms with E-state index in [9.17, 15) is 4.79 Å². The van der Waals surface area contributed by atoms with Gasteiger partial charge in [0.2, 0.25) is 0 Å². The summed E-state index contributed by atoms with van der Waals surface area (Å²) in [6.07, 6.45) is 2.10. The van der Waals surface area contributed by atoms with Crippen LogP contribution in [0.25, 0.3) is 22.2 Å². The minimum Gasteiger partial charge on any atom is -0.461 e. The number of hydrogen-bond donors (Lipinski definition) is 0. The Morgan fingerprint density at radius 1 is 1.16 bits per heavy atom. The Labute approximate surface area is 110 Å². The molecule has 3 heteroatoms. The molecular weight excluding hydrogens is 238 g/mol. The second-order valence-corrected chi connectivity index (χ2v) is 4.53. The Morgan fingerprint density at radius 3 is 2.84 bits per heavy atom. The third-order valence-corrected chi connectivity index (χ3v) is 2.98. The lowest BCUT2D eigenvalue weighted by Gasteiger charge is -2.02. The average molecular weight is 251 g/mol. The van der Waals surface area contributed by atoms with Crippen LogP contribution >= 0.6 is 0 Å². The Morgan fingerprint density at radius 2 is 2.00 bits per heavy atom. The summed E-state index contributed by atoms with van der Waals surface area (Å²) in [5.74, 6) is 1.54. The van der Waals surface area contributed by atoms with E-state index in [1.807, 2.05) is 42.5 Å². The molecule has 1 aromatic carbocycles. The van der Waals surface area contributed by atoms with Gasteiger partial charge in [-0.3, -0.25) is 9.78 Å². The normalized spacial score (nSPS) is 10.8. The van der Waals surface area contributed by atoms with Crippen molar-refractivity contribution in [2.45, 2.75) is 13.3 Å². The van der Waals surface area contributed by atoms with Crippen LogP contribution in [0, 0.1) is 0 Å². The van der Waals surface area contributed by atoms with Gasteiger partial charge in [-0.15, -0.1) is 0 Å². The minimum atomic E-state index is 0.0944. The molecule has 2 heterocycles. The van der Waals surface area contributed by atoms with Crippen molar-refractivity contribution in [2.75, 3.05) is 0 Å². The zero-order chi connectivity index (χ0) is 13.2. The highest BCUT2D eigenvalue weighted by molar-refractivity contribution is 5.92. The second kappa shape index (κ2) is 4.69. The fraction of sp³-hybridized carbons (Fsp3) is 0.125. The van der Waals surface area contributed by atoms with E-state index in [0.29, 0.717) is 12.2 Å². The lowest BCUT2D eigenvalue weighted by molar-refractivity contribution is -0.116. The third-order valence-electron chi connectivity index (χ3n) is 2.98. The van der Waals surface area contributed by atoms with E-state index in [1.165, 1.54) is 0 Å². The first-order chi connectivity index (χ1) is 9.24. The third kappa shape index (κ3) is 2.27. The molecule has 0 amide bonds. The van der Waals surface area contributed by atoms with E-state index in [0.717, 1.165) is 22.2 Å². The van der Waals surface area contributed by atoms with Crippen molar-refractivity contribution in [1.29, 1.82) is 0 Å². The van der Waals surface area contributed by atoms with Crippen molar-refractivity contribution in [3.63, 3.8) is 0 Å². The van der Waals surface area contributed by atoms with Gasteiger partial charge >= 0.3 is 0 Å². The van der Waals surface area contributed by atoms with Crippen LogP contribution in [0.3, 0.4) is 0 Å². The molecule has 0 fully saturated rings. The van der Waals surface area contributed by atoms with Gasteiger partial charge in [0.25, 0.3) is 0 Å². The van der Waals surface area contributed by atoms with Crippen LogP contribution in [-0.2, 0) is 11.2 Å². The average Bonchev–Trinajstić information content (AvgIpc) is 2.85. The number of nitrogens with zero attached hydrogens (tertiary/aromatic N) is 1. The molecule has 0 aliphatic carbocycles. The number of furan rings is 1. The highest BCUT2D eigenvalue weighted by Gasteiger charge is 2.10. The zero-order valence-corrected chi connectivity index (χ0v) is 10.6. The molecule has 0 atom stereocenters. The monoisotopic (exact) mass is 251 g/mol. The summed E-state index contributed by atoms with van der Waals surface area (Å²) < 4.78 is 5.73. The van der Waals surface area contributed by atoms with Crippen molar-refractivity contribution in [1.82, 2.24) is 4.98 Å². The van der Waals surface area contributed by atoms with Gasteiger partial charge in [-0.05, 0) is 31.2 Å². The Bertz CT molecular complexity index is 738. The SMILES string of the molecule is CC(=O)Cc1ccc(-c2cccc3cccnc23)o1. The summed E-state index contributed by atoms with van der Waals surface area (Å²) in [6.45, 7) is 1.56. The van der Waals surface area contributed by atoms with Crippen molar-refractivity contribution in [3.05, 3.63) is 54.4 Å². The van der Waals surface area contributed by atoms with E-state index >= 15 is 0 Å². The number of ketones is 1. The number of Topliss-reactive ketones (excluding diaryl/α,β-unsaturated/α-hetero) is 1. The molecule has 19 heavy (non-hydrogen) atoms. The first-order valence-electron chi connectivity index (χ1n) is 6.16. The summed E-state index contributed by atoms with van der Waals surface area (Å²) in [4.78, 5) is 15.5. The number of hydrogen-bond acceptors (Lipinski definition) is 3. The van der Waals surface area contributed by atoms with E-state index in [2.05, 4.69) is 4.98 Å². The molecule has 3 nitrogen and oxygen atoms in total. The van der Waals surface area contributed by atoms with Crippen molar-refractivity contribution in [2.24, 2.45) is 0 Å². The molecule has 0 saturated heterocycles. The van der Waals surface area contributed by atoms with Gasteiger partial charge in [0.15, 0.2) is 0 Å². The topological polar surface area (TPSA) is 43.1 Å². The van der Waals surface area contributed by atoms with Crippen molar-refractivity contribution in [3.8, 4) is 11.3 Å². The van der Waals surface area contributed by atoms with Crippen LogP contribution in [0.5, 0.6) is 0 Å². The fourth-order valence-corrected chi connectivity index (χ4v) is 2.17. The van der Waals surface area contributed by atoms with Gasteiger partial charge in [-0.2, -0.15) is 0 Å². The quantitative estimate of drug-likeness (QED) is 0.714. The number of carbonyl (C=O) groups excluding carboxylic acids is 1. The molecule has 2 aromatic heterocycles. The lowest BCUT2D eigenvalue weighted by Crippen LogP contribution is -1.93. The number of para-hydroxylation sites is 1. The van der Waals surface area contributed by atoms with Crippen LogP contribution < -0.4 is 0 Å². The molecule has 3 aromatic rings. The standard InChI is InChI=1S/C16H13NO2/c1-11(18)10-13-7-8-15(19-13)14-6-2-4-12-5-3-9-17-16(12)14/h2-9H,10H2,1H3. The van der Waals surface area contributed by atoms with Gasteiger partial charge < -0.3 is 4.42 Å². The first-order valence-corrected chi connectivity index (χ1v) is 6.16. The number of benzene rings is 1. The molecule has 0 spiro atoms. The summed E-state index contributed by atoms with van der Waals surface area (Å²) >= 11 is 0. The Hall–Kier alpha value is -2.42. The van der Waals surface area contributed by atoms with Crippen LogP contribution in [0.2, 0.25) is 0 Å². The number of rotatable bonds is 3. The van der Waals surface area contributed by atoms with E-state index in [4.69, 9.17) is 4.42 Å². The first kappa shape index (κ1) is 11.7. The maximum absolute atomic E-state index is 11.1. The predicted molar refractivity (Wildman–Crippen MR) is 73.8 cm³/mol. The maximum Gasteiger partial charge on any atom is 0.137 e. The molecule has 0 N–H and O–H groups in total. The van der Waals surface area contributed by atoms with Gasteiger partial charge in [-0.25, -0.2) is 0 Å². The van der Waals surface area contributed by atoms with Crippen molar-refractivity contribution >= 4 is 16.7 Å². The lowest BCUT2D eigenvalue weighted by atomic mass is 10.1. The molecule has 3 rings (SSSR count). The van der Waals surface area contributed by atoms with Gasteiger partial charge in [-0.1, -0.05) is 18.2 Å². The highest BCUT2D eigenvalue weighted by atomic mass is 16.3. The number of aromatic nitrogens is 1. The molecule has 0 radical (unpaired) electrons. The van der Waals surface area contributed by atoms with E-state index in [1.54, 1.807) is 13.1 Å². The largest absolute Gasteiger partial charge is 0.461 e. The summed E-state index contributed by atoms with van der Waals surface area (Å²) in [5, 5.41) is 1.07. The fourth-order valence-electron chi connectivity index (χ4n) is 2.17. The molecule has 0 unspecified atom stereocenters. The predicted octanol–water partition coefficient (Wildman–Crippen LogP) is 3.63. The van der Waals surface area contributed by atoms with E-state index < -0.39 is 0 Å². The number of pyridine rings is 1. The van der Waals surface area contributed by atoms with Crippen molar-refractivity contribution < 1.29 is 9.21 Å². The summed E-state index contributed by atoms with van der Waals surface area (Å²) in [5.41, 5.74) is 1.86. The van der Waals surface area contributed by atoms with Gasteiger partial charge in [0, 0.05) is 17.1 Å². The van der Waals surface area contributed by atoms with Crippen LogP contribution in [0.4, 0.5) is 0 Å². The summed E-state index contributed by atoms with van der Waals surface area (Å²) in [6, 6.07) is 13.6. The van der Waals surface area contributed by atoms with Crippen LogP contribution in [0.1, 0.15) is 12.7 Å². The highest BCUT2D eigenvalue weighted by Crippen LogP contribution is 2.28. The van der Waals surface area contributed by atoms with Gasteiger partial charge in [0.05, 0.1) is 11.9 Å². The van der Waals surface area contributed by atoms with Crippen LogP contribution in [-0.4, -0.2) is 10.8 Å². The maximum atomic E-state index is 11.1. The summed E-state index contributed by atoms with van der Waals surface area (Å²) in [7, 11) is 0. The Kier molecular flexibility index (Phi) is 2.88. The molecule has 94 valence electrons. The molecular formula is C16H13NO2. The molecule has 0 bridgehead atoms. The van der Waals surface area contributed by atoms with Gasteiger partial charge in [0.1, 0.15) is 17.3 Å². The molecule has 0 saturated carbocycles. The smallest absolute Gasteiger partial charge is 0.137 e. The molecule has 0 aliphatic heterocycles. The number of carbonyl (C=O) groups is 1. The number of fused-ring (bicyclic) bond motifs is 1. The van der Waals surface area contributed by atoms with Crippen LogP contribution in [0.15, 0.2) is 53.1 Å². The molecule has 0 aliphatic rings. The zero-order valence-electron chi connectivity index (χ0n) is 10.6. The van der Waals surface area contributed by atoms with E-state index in [-0.39, 0.29) is 5.78 Å². The second-order valence-electron chi connectivity index (χ2n) is 4.53. The Balaban J connectivity index is 2.09.